The van der Waals surface area contributed by atoms with Crippen LogP contribution in [0, 0.1) is 5.82 Å². The Labute approximate surface area is 203 Å². The van der Waals surface area contributed by atoms with Gasteiger partial charge in [0.15, 0.2) is 0 Å². The van der Waals surface area contributed by atoms with Gasteiger partial charge in [0.05, 0.1) is 56.5 Å². The van der Waals surface area contributed by atoms with Gasteiger partial charge in [-0.1, -0.05) is 0 Å². The summed E-state index contributed by atoms with van der Waals surface area (Å²) in [5, 5.41) is 15.9. The molecule has 0 radical (unpaired) electrons. The third-order valence-corrected chi connectivity index (χ3v) is 6.21. The third-order valence-electron chi connectivity index (χ3n) is 6.21. The molecule has 0 aliphatic carbocycles. The number of halogens is 1. The first-order valence-electron chi connectivity index (χ1n) is 11.9. The summed E-state index contributed by atoms with van der Waals surface area (Å²) in [6.45, 7) is 0.856. The van der Waals surface area contributed by atoms with Gasteiger partial charge in [-0.25, -0.2) is 14.2 Å². The number of urea groups is 1. The summed E-state index contributed by atoms with van der Waals surface area (Å²) < 4.78 is 26.9. The van der Waals surface area contributed by atoms with Crippen LogP contribution in [0.5, 0.6) is 0 Å². The van der Waals surface area contributed by atoms with Crippen LogP contribution in [0.15, 0.2) is 36.8 Å². The summed E-state index contributed by atoms with van der Waals surface area (Å²) in [7, 11) is 1.90. The Kier molecular flexibility index (Phi) is 8.32. The van der Waals surface area contributed by atoms with Gasteiger partial charge in [-0.3, -0.25) is 4.79 Å². The second kappa shape index (κ2) is 11.6. The van der Waals surface area contributed by atoms with E-state index in [0.717, 1.165) is 5.69 Å². The minimum Gasteiger partial charge on any atom is -0.389 e. The number of carbonyl (C=O) groups is 2. The van der Waals surface area contributed by atoms with E-state index in [4.69, 9.17) is 9.47 Å². The van der Waals surface area contributed by atoms with Crippen molar-refractivity contribution in [2.75, 3.05) is 31.6 Å². The van der Waals surface area contributed by atoms with E-state index < -0.39 is 24.1 Å². The van der Waals surface area contributed by atoms with Crippen molar-refractivity contribution in [3.8, 4) is 0 Å². The van der Waals surface area contributed by atoms with Crippen molar-refractivity contribution in [2.45, 2.75) is 50.0 Å². The molecular weight excluding hydrogens is 457 g/mol. The maximum atomic E-state index is 13.2. The first-order valence-corrected chi connectivity index (χ1v) is 11.9. The smallest absolute Gasteiger partial charge is 0.322 e. The first-order chi connectivity index (χ1) is 16.9. The van der Waals surface area contributed by atoms with Gasteiger partial charge in [0.2, 0.25) is 5.91 Å². The van der Waals surface area contributed by atoms with E-state index in [1.54, 1.807) is 11.2 Å². The average Bonchev–Trinajstić information content (AvgIpc) is 3.23. The van der Waals surface area contributed by atoms with E-state index >= 15 is 0 Å². The Morgan fingerprint density at radius 3 is 2.77 bits per heavy atom. The number of aromatic nitrogens is 2. The molecule has 3 N–H and O–H groups in total. The number of amides is 3. The maximum absolute atomic E-state index is 13.2. The lowest BCUT2D eigenvalue weighted by molar-refractivity contribution is -0.149. The maximum Gasteiger partial charge on any atom is 0.322 e. The Balaban J connectivity index is 1.32. The Hall–Kier alpha value is -3.02. The monoisotopic (exact) mass is 489 g/mol. The Morgan fingerprint density at radius 1 is 1.23 bits per heavy atom. The van der Waals surface area contributed by atoms with E-state index in [-0.39, 0.29) is 44.2 Å². The van der Waals surface area contributed by atoms with Crippen LogP contribution in [0.4, 0.5) is 14.9 Å². The van der Waals surface area contributed by atoms with Crippen LogP contribution in [-0.4, -0.2) is 82.2 Å². The molecule has 3 heterocycles. The zero-order valence-electron chi connectivity index (χ0n) is 19.7. The highest BCUT2D eigenvalue weighted by Gasteiger charge is 2.40. The molecule has 2 aliphatic heterocycles. The van der Waals surface area contributed by atoms with Crippen molar-refractivity contribution in [3.63, 3.8) is 0 Å². The number of aliphatic hydroxyl groups excluding tert-OH is 1. The number of anilines is 1. The van der Waals surface area contributed by atoms with E-state index in [0.29, 0.717) is 31.5 Å². The van der Waals surface area contributed by atoms with Crippen LogP contribution in [0.25, 0.3) is 0 Å². The largest absolute Gasteiger partial charge is 0.389 e. The number of benzene rings is 1. The van der Waals surface area contributed by atoms with Gasteiger partial charge in [0, 0.05) is 31.9 Å². The Bertz CT molecular complexity index is 1000. The highest BCUT2D eigenvalue weighted by molar-refractivity contribution is 5.89. The van der Waals surface area contributed by atoms with Crippen LogP contribution in [-0.2, 0) is 27.7 Å². The molecule has 1 aromatic carbocycles. The number of ether oxygens (including phenoxy) is 2. The molecule has 2 fully saturated rings. The molecule has 4 atom stereocenters. The quantitative estimate of drug-likeness (QED) is 0.565. The number of fused-ring (bicyclic) bond motifs is 1. The van der Waals surface area contributed by atoms with E-state index in [9.17, 15) is 19.1 Å². The fourth-order valence-corrected chi connectivity index (χ4v) is 4.51. The number of nitrogens with zero attached hydrogens (tertiary/aromatic N) is 3. The van der Waals surface area contributed by atoms with Crippen LogP contribution >= 0.6 is 0 Å². The number of imidazole rings is 1. The summed E-state index contributed by atoms with van der Waals surface area (Å²) in [5.74, 6) is -0.494. The van der Waals surface area contributed by atoms with Crippen molar-refractivity contribution in [1.29, 1.82) is 0 Å². The molecule has 0 bridgehead atoms. The lowest BCUT2D eigenvalue weighted by Gasteiger charge is -2.44. The standard InChI is InChI=1S/C24H32FN5O5/c1-29-11-18(27-15-29)8-9-26-23(32)10-20-6-7-21-22(35-20)14-34-13-19(31)12-30(21)24(33)28-17-4-2-16(25)3-5-17/h2-5,11,15,19-22,31H,6-10,12-14H2,1H3,(H,26,32)(H,28,33)/t19-,20-,21+,22-/m0/s1. The third kappa shape index (κ3) is 7.00. The summed E-state index contributed by atoms with van der Waals surface area (Å²) in [4.78, 5) is 31.3. The number of β-amino-alcohol motifs (C(OH)–C–C–N with tert-alkyl or cyclic N) is 1. The van der Waals surface area contributed by atoms with Gasteiger partial charge in [-0.2, -0.15) is 0 Å². The highest BCUT2D eigenvalue weighted by Crippen LogP contribution is 2.28. The number of aryl methyl sites for hydroxylation is 1. The van der Waals surface area contributed by atoms with E-state index in [2.05, 4.69) is 15.6 Å². The molecule has 2 saturated heterocycles. The number of aliphatic hydroxyl groups is 1. The molecule has 190 valence electrons. The molecule has 11 heteroatoms. The number of nitrogens with one attached hydrogen (secondary N) is 2. The van der Waals surface area contributed by atoms with E-state index in [1.165, 1.54) is 24.3 Å². The molecule has 1 aromatic heterocycles. The van der Waals surface area contributed by atoms with Gasteiger partial charge in [0.1, 0.15) is 11.9 Å². The number of hydrogen-bond acceptors (Lipinski definition) is 6. The van der Waals surface area contributed by atoms with Crippen molar-refractivity contribution >= 4 is 17.6 Å². The minimum absolute atomic E-state index is 0.0750. The number of carbonyl (C=O) groups excluding carboxylic acids is 2. The Morgan fingerprint density at radius 2 is 2.03 bits per heavy atom. The predicted octanol–water partition coefficient (Wildman–Crippen LogP) is 1.45. The molecule has 10 nitrogen and oxygen atoms in total. The van der Waals surface area contributed by atoms with Crippen LogP contribution in [0.3, 0.4) is 0 Å². The van der Waals surface area contributed by atoms with Crippen molar-refractivity contribution < 1.29 is 28.6 Å². The van der Waals surface area contributed by atoms with Crippen molar-refractivity contribution in [1.82, 2.24) is 19.8 Å². The topological polar surface area (TPSA) is 118 Å². The van der Waals surface area contributed by atoms with Gasteiger partial charge in [0.25, 0.3) is 0 Å². The molecule has 3 amide bonds. The van der Waals surface area contributed by atoms with E-state index in [1.807, 2.05) is 17.8 Å². The van der Waals surface area contributed by atoms with Gasteiger partial charge in [-0.05, 0) is 37.1 Å². The fourth-order valence-electron chi connectivity index (χ4n) is 4.51. The SMILES string of the molecule is Cn1cnc(CCNC(=O)C[C@@H]2CC[C@@H]3[C@H](COC[C@@H](O)CN3C(=O)Nc3ccc(F)cc3)O2)c1. The first kappa shape index (κ1) is 25.1. The summed E-state index contributed by atoms with van der Waals surface area (Å²) in [6, 6.07) is 4.77. The molecule has 4 rings (SSSR count). The average molecular weight is 490 g/mol. The lowest BCUT2D eigenvalue weighted by atomic mass is 9.95. The van der Waals surface area contributed by atoms with Crippen LogP contribution < -0.4 is 10.6 Å². The number of hydrogen-bond donors (Lipinski definition) is 3. The summed E-state index contributed by atoms with van der Waals surface area (Å²) >= 11 is 0. The zero-order valence-corrected chi connectivity index (χ0v) is 19.7. The molecule has 0 unspecified atom stereocenters. The zero-order chi connectivity index (χ0) is 24.8. The normalized spacial score (nSPS) is 24.7. The minimum atomic E-state index is -0.836. The fraction of sp³-hybridized carbons (Fsp3) is 0.542. The molecule has 0 saturated carbocycles. The number of rotatable bonds is 6. The summed E-state index contributed by atoms with van der Waals surface area (Å²) in [6.07, 6.45) is 4.14. The van der Waals surface area contributed by atoms with Gasteiger partial charge >= 0.3 is 6.03 Å². The van der Waals surface area contributed by atoms with Gasteiger partial charge < -0.3 is 34.7 Å². The molecule has 35 heavy (non-hydrogen) atoms. The molecule has 2 aliphatic rings. The van der Waals surface area contributed by atoms with Crippen molar-refractivity contribution in [3.05, 3.63) is 48.3 Å². The molecule has 2 aromatic rings. The predicted molar refractivity (Wildman–Crippen MR) is 125 cm³/mol. The van der Waals surface area contributed by atoms with Gasteiger partial charge in [-0.15, -0.1) is 0 Å². The van der Waals surface area contributed by atoms with Crippen LogP contribution in [0.2, 0.25) is 0 Å². The molecular formula is C24H32FN5O5. The van der Waals surface area contributed by atoms with Crippen LogP contribution in [0.1, 0.15) is 25.0 Å². The second-order valence-corrected chi connectivity index (χ2v) is 9.06. The lowest BCUT2D eigenvalue weighted by Crippen LogP contribution is -2.58. The highest BCUT2D eigenvalue weighted by atomic mass is 19.1. The second-order valence-electron chi connectivity index (χ2n) is 9.06. The van der Waals surface area contributed by atoms with Crippen molar-refractivity contribution in [2.24, 2.45) is 7.05 Å². The summed E-state index contributed by atoms with van der Waals surface area (Å²) in [5.41, 5.74) is 1.37. The molecule has 0 spiro atoms.